The molecule has 20 heteroatoms. The Hall–Kier alpha value is -5.86. The Morgan fingerprint density at radius 1 is 0.786 bits per heavy atom. The lowest BCUT2D eigenvalue weighted by atomic mass is 10.3. The third-order valence-corrected chi connectivity index (χ3v) is 8.34. The van der Waals surface area contributed by atoms with Crippen molar-refractivity contribution in [2.45, 2.75) is 51.5 Å². The second-order valence-corrected chi connectivity index (χ2v) is 12.7. The SMILES string of the molecule is CCC(CO)OC(COC(=O)NCCC(=O)N[C@@H](C)C(=O)OCCCNC(=O)c1cc(NC(=O)c2cc(NC(=O)c3cc(NC)cn3C)cn2C)cn1C)OC. The van der Waals surface area contributed by atoms with Crippen molar-refractivity contribution in [1.82, 2.24) is 29.7 Å². The summed E-state index contributed by atoms with van der Waals surface area (Å²) in [5.41, 5.74) is 2.59. The second-order valence-electron chi connectivity index (χ2n) is 12.7. The quantitative estimate of drug-likeness (QED) is 0.0433. The number of aliphatic hydroxyl groups is 1. The fraction of sp³-hybridized carbons (Fsp3) is 0.500. The summed E-state index contributed by atoms with van der Waals surface area (Å²) >= 11 is 0. The molecular weight excluding hydrogens is 734 g/mol. The molecule has 0 spiro atoms. The number of rotatable bonds is 22. The highest BCUT2D eigenvalue weighted by Gasteiger charge is 2.21. The molecule has 0 aliphatic carbocycles. The lowest BCUT2D eigenvalue weighted by molar-refractivity contribution is -0.181. The van der Waals surface area contributed by atoms with Gasteiger partial charge >= 0.3 is 12.1 Å². The Kier molecular flexibility index (Phi) is 17.4. The number of aliphatic hydroxyl groups excluding tert-OH is 1. The van der Waals surface area contributed by atoms with Crippen LogP contribution in [0.5, 0.6) is 0 Å². The van der Waals surface area contributed by atoms with Gasteiger partial charge in [0.05, 0.1) is 36.4 Å². The van der Waals surface area contributed by atoms with Crippen LogP contribution in [0.15, 0.2) is 36.8 Å². The summed E-state index contributed by atoms with van der Waals surface area (Å²) in [5.74, 6) is -2.38. The maximum atomic E-state index is 13.1. The summed E-state index contributed by atoms with van der Waals surface area (Å²) in [6.07, 6.45) is 3.57. The first-order valence-electron chi connectivity index (χ1n) is 17.9. The van der Waals surface area contributed by atoms with Crippen molar-refractivity contribution in [3.05, 3.63) is 53.9 Å². The fourth-order valence-electron chi connectivity index (χ4n) is 5.19. The van der Waals surface area contributed by atoms with Gasteiger partial charge in [0.2, 0.25) is 5.91 Å². The summed E-state index contributed by atoms with van der Waals surface area (Å²) in [7, 11) is 8.21. The number of alkyl carbamates (subject to hydrolysis) is 1. The van der Waals surface area contributed by atoms with Crippen LogP contribution in [0.2, 0.25) is 0 Å². The molecule has 0 saturated heterocycles. The number of esters is 1. The molecule has 0 bridgehead atoms. The standard InChI is InChI=1S/C36H53N9O11/c1-8-26(20-46)56-31(53-7)21-55-36(52)39-12-10-30(47)40-22(2)35(51)54-13-9-11-38-32(48)27-15-24(18-44(27)5)41-34(50)29-16-25(19-45(29)6)42-33(49)28-14-23(37-3)17-43(28)4/h14-19,22,26,31,37,46H,8-13,20-21H2,1-7H3,(H,38,48)(H,39,52)(H,40,47)(H,41,50)(H,42,49)/t22-,26?,31?/m0/s1. The summed E-state index contributed by atoms with van der Waals surface area (Å²) in [4.78, 5) is 75.2. The van der Waals surface area contributed by atoms with Crippen LogP contribution in [0.4, 0.5) is 21.9 Å². The van der Waals surface area contributed by atoms with E-state index in [9.17, 15) is 33.9 Å². The summed E-state index contributed by atoms with van der Waals surface area (Å²) in [5, 5.41) is 25.4. The van der Waals surface area contributed by atoms with E-state index in [1.165, 1.54) is 20.1 Å². The number of amides is 5. The van der Waals surface area contributed by atoms with Crippen LogP contribution in [0.25, 0.3) is 0 Å². The number of carbonyl (C=O) groups is 6. The van der Waals surface area contributed by atoms with E-state index in [1.54, 1.807) is 72.6 Å². The van der Waals surface area contributed by atoms with Crippen LogP contribution in [0, 0.1) is 0 Å². The summed E-state index contributed by atoms with van der Waals surface area (Å²) < 4.78 is 25.6. The molecule has 5 amide bonds. The molecule has 0 aliphatic heterocycles. The van der Waals surface area contributed by atoms with Crippen LogP contribution >= 0.6 is 0 Å². The van der Waals surface area contributed by atoms with Crippen molar-refractivity contribution in [1.29, 1.82) is 0 Å². The van der Waals surface area contributed by atoms with E-state index in [2.05, 4.69) is 31.9 Å². The molecule has 20 nitrogen and oxygen atoms in total. The largest absolute Gasteiger partial charge is 0.464 e. The second kappa shape index (κ2) is 21.9. The Labute approximate surface area is 324 Å². The highest BCUT2D eigenvalue weighted by molar-refractivity contribution is 6.07. The molecule has 0 fully saturated rings. The molecule has 3 rings (SSSR count). The smallest absolute Gasteiger partial charge is 0.407 e. The van der Waals surface area contributed by atoms with Gasteiger partial charge in [0.1, 0.15) is 29.7 Å². The van der Waals surface area contributed by atoms with Gasteiger partial charge in [-0.3, -0.25) is 19.2 Å². The number of aromatic nitrogens is 3. The minimum Gasteiger partial charge on any atom is -0.464 e. The summed E-state index contributed by atoms with van der Waals surface area (Å²) in [6, 6.07) is 3.82. The Morgan fingerprint density at radius 2 is 1.34 bits per heavy atom. The van der Waals surface area contributed by atoms with Crippen LogP contribution in [-0.2, 0) is 49.7 Å². The van der Waals surface area contributed by atoms with Gasteiger partial charge in [0, 0.05) is 73.4 Å². The first kappa shape index (κ1) is 44.5. The minimum atomic E-state index is -0.958. The maximum absolute atomic E-state index is 13.1. The van der Waals surface area contributed by atoms with Gasteiger partial charge in [-0.2, -0.15) is 0 Å². The van der Waals surface area contributed by atoms with Gasteiger partial charge in [-0.25, -0.2) is 9.59 Å². The average molecular weight is 788 g/mol. The molecule has 2 unspecified atom stereocenters. The predicted molar refractivity (Wildman–Crippen MR) is 204 cm³/mol. The number of ether oxygens (including phenoxy) is 4. The molecule has 0 aliphatic rings. The lowest BCUT2D eigenvalue weighted by Gasteiger charge is -2.21. The topological polar surface area (TPSA) is 247 Å². The first-order chi connectivity index (χ1) is 26.7. The van der Waals surface area contributed by atoms with Crippen LogP contribution in [0.3, 0.4) is 0 Å². The van der Waals surface area contributed by atoms with E-state index in [0.29, 0.717) is 29.9 Å². The molecule has 3 heterocycles. The lowest BCUT2D eigenvalue weighted by Crippen LogP contribution is -2.41. The number of carbonyl (C=O) groups excluding carboxylic acids is 6. The van der Waals surface area contributed by atoms with Crippen molar-refractivity contribution in [2.24, 2.45) is 21.1 Å². The zero-order valence-corrected chi connectivity index (χ0v) is 32.7. The van der Waals surface area contributed by atoms with Crippen LogP contribution in [0.1, 0.15) is 64.6 Å². The zero-order chi connectivity index (χ0) is 41.4. The monoisotopic (exact) mass is 787 g/mol. The Morgan fingerprint density at radius 3 is 1.86 bits per heavy atom. The third kappa shape index (κ3) is 13.5. The van der Waals surface area contributed by atoms with Gasteiger partial charge in [-0.1, -0.05) is 6.92 Å². The van der Waals surface area contributed by atoms with E-state index in [-0.39, 0.29) is 56.6 Å². The van der Waals surface area contributed by atoms with Crippen molar-refractivity contribution in [3.63, 3.8) is 0 Å². The molecule has 308 valence electrons. The normalized spacial score (nSPS) is 12.5. The van der Waals surface area contributed by atoms with Crippen molar-refractivity contribution in [3.8, 4) is 0 Å². The Balaban J connectivity index is 1.34. The number of nitrogens with zero attached hydrogens (tertiary/aromatic N) is 3. The molecule has 56 heavy (non-hydrogen) atoms. The zero-order valence-electron chi connectivity index (χ0n) is 32.7. The number of hydrogen-bond donors (Lipinski definition) is 7. The number of nitrogens with one attached hydrogen (secondary N) is 6. The highest BCUT2D eigenvalue weighted by Crippen LogP contribution is 2.19. The molecule has 7 N–H and O–H groups in total. The minimum absolute atomic E-state index is 0.0219. The number of methoxy groups -OCH3 is 1. The van der Waals surface area contributed by atoms with Gasteiger partial charge in [-0.05, 0) is 38.0 Å². The number of hydrogen-bond acceptors (Lipinski definition) is 12. The molecule has 3 atom stereocenters. The van der Waals surface area contributed by atoms with E-state index in [4.69, 9.17) is 18.9 Å². The molecule has 3 aromatic rings. The van der Waals surface area contributed by atoms with E-state index >= 15 is 0 Å². The van der Waals surface area contributed by atoms with Gasteiger partial charge in [-0.15, -0.1) is 0 Å². The van der Waals surface area contributed by atoms with E-state index in [1.807, 2.05) is 6.92 Å². The highest BCUT2D eigenvalue weighted by atomic mass is 16.7. The van der Waals surface area contributed by atoms with E-state index in [0.717, 1.165) is 5.69 Å². The van der Waals surface area contributed by atoms with Crippen LogP contribution in [-0.4, -0.2) is 120 Å². The molecule has 0 aromatic carbocycles. The van der Waals surface area contributed by atoms with Gasteiger partial charge in [0.15, 0.2) is 6.29 Å². The fourth-order valence-corrected chi connectivity index (χ4v) is 5.19. The third-order valence-electron chi connectivity index (χ3n) is 8.34. The van der Waals surface area contributed by atoms with Crippen LogP contribution < -0.4 is 31.9 Å². The number of aryl methyl sites for hydroxylation is 3. The molecule has 0 radical (unpaired) electrons. The maximum Gasteiger partial charge on any atom is 0.407 e. The van der Waals surface area contributed by atoms with Crippen molar-refractivity contribution >= 4 is 52.8 Å². The first-order valence-corrected chi connectivity index (χ1v) is 17.9. The molecule has 3 aromatic heterocycles. The molecular formula is C36H53N9O11. The van der Waals surface area contributed by atoms with Gasteiger partial charge < -0.3 is 69.7 Å². The van der Waals surface area contributed by atoms with E-state index < -0.39 is 48.2 Å². The average Bonchev–Trinajstić information content (AvgIpc) is 3.85. The predicted octanol–water partition coefficient (Wildman–Crippen LogP) is 1.29. The van der Waals surface area contributed by atoms with Gasteiger partial charge in [0.25, 0.3) is 17.7 Å². The number of anilines is 3. The summed E-state index contributed by atoms with van der Waals surface area (Å²) in [6.45, 7) is 2.95. The molecule has 0 saturated carbocycles. The van der Waals surface area contributed by atoms with Crippen molar-refractivity contribution < 1.29 is 52.8 Å². The Bertz CT molecular complexity index is 1810. The van der Waals surface area contributed by atoms with Crippen molar-refractivity contribution in [2.75, 3.05) is 63.0 Å².